The van der Waals surface area contributed by atoms with Crippen molar-refractivity contribution in [3.63, 3.8) is 0 Å². The first-order valence-electron chi connectivity index (χ1n) is 12.6. The molecule has 174 valence electrons. The molecular weight excluding hydrogens is 360 g/mol. The largest absolute Gasteiger partial charge is 0.390 e. The maximum atomic E-state index is 11.8. The molecule has 0 aromatic carbocycles. The summed E-state index contributed by atoms with van der Waals surface area (Å²) in [5.41, 5.74) is 5.23. The summed E-state index contributed by atoms with van der Waals surface area (Å²) in [6.07, 6.45) is 22.0. The molecule has 0 rings (SSSR count). The second-order valence-electron chi connectivity index (χ2n) is 9.62. The monoisotopic (exact) mass is 412 g/mol. The lowest BCUT2D eigenvalue weighted by Crippen LogP contribution is -2.35. The summed E-state index contributed by atoms with van der Waals surface area (Å²) in [7, 11) is 0. The van der Waals surface area contributed by atoms with Crippen LogP contribution in [0.1, 0.15) is 136 Å². The van der Waals surface area contributed by atoms with E-state index < -0.39 is 5.60 Å². The SMILES string of the molecule is CCCCCCCCCCCCCCCCCC(=O)NCCC(N)CC(C)(C)O. The van der Waals surface area contributed by atoms with Crippen molar-refractivity contribution in [1.82, 2.24) is 5.32 Å². The maximum Gasteiger partial charge on any atom is 0.219 e. The minimum atomic E-state index is -0.739. The molecule has 0 fully saturated rings. The third-order valence-corrected chi connectivity index (χ3v) is 5.61. The van der Waals surface area contributed by atoms with Gasteiger partial charge in [-0.05, 0) is 33.1 Å². The normalized spacial score (nSPS) is 12.9. The van der Waals surface area contributed by atoms with Crippen LogP contribution in [0.25, 0.3) is 0 Å². The fourth-order valence-corrected chi connectivity index (χ4v) is 3.89. The van der Waals surface area contributed by atoms with Crippen molar-refractivity contribution in [2.75, 3.05) is 6.54 Å². The van der Waals surface area contributed by atoms with Gasteiger partial charge in [0.1, 0.15) is 0 Å². The summed E-state index contributed by atoms with van der Waals surface area (Å²) in [6, 6.07) is -0.0684. The van der Waals surface area contributed by atoms with Gasteiger partial charge in [0, 0.05) is 19.0 Å². The average molecular weight is 413 g/mol. The molecule has 0 aliphatic carbocycles. The number of unbranched alkanes of at least 4 members (excludes halogenated alkanes) is 14. The van der Waals surface area contributed by atoms with Crippen molar-refractivity contribution in [1.29, 1.82) is 0 Å². The topological polar surface area (TPSA) is 75.4 Å². The van der Waals surface area contributed by atoms with E-state index in [9.17, 15) is 9.90 Å². The van der Waals surface area contributed by atoms with Gasteiger partial charge in [-0.15, -0.1) is 0 Å². The molecule has 0 radical (unpaired) electrons. The van der Waals surface area contributed by atoms with Gasteiger partial charge in [-0.2, -0.15) is 0 Å². The first-order chi connectivity index (χ1) is 13.8. The van der Waals surface area contributed by atoms with Crippen LogP contribution in [0.5, 0.6) is 0 Å². The van der Waals surface area contributed by atoms with E-state index in [0.717, 1.165) is 12.8 Å². The van der Waals surface area contributed by atoms with Crippen molar-refractivity contribution in [3.05, 3.63) is 0 Å². The van der Waals surface area contributed by atoms with Crippen LogP contribution >= 0.6 is 0 Å². The van der Waals surface area contributed by atoms with Crippen LogP contribution in [-0.4, -0.2) is 29.2 Å². The summed E-state index contributed by atoms with van der Waals surface area (Å²) in [4.78, 5) is 11.8. The quantitative estimate of drug-likeness (QED) is 0.195. The van der Waals surface area contributed by atoms with Crippen molar-refractivity contribution in [2.45, 2.75) is 148 Å². The van der Waals surface area contributed by atoms with Gasteiger partial charge >= 0.3 is 0 Å². The summed E-state index contributed by atoms with van der Waals surface area (Å²) >= 11 is 0. The molecule has 0 aliphatic heterocycles. The molecule has 1 unspecified atom stereocenters. The summed E-state index contributed by atoms with van der Waals surface area (Å²) in [6.45, 7) is 6.41. The molecule has 0 saturated heterocycles. The lowest BCUT2D eigenvalue weighted by molar-refractivity contribution is -0.121. The number of nitrogens with one attached hydrogen (secondary N) is 1. The number of amides is 1. The third kappa shape index (κ3) is 23.5. The molecule has 0 saturated carbocycles. The van der Waals surface area contributed by atoms with Crippen molar-refractivity contribution in [3.8, 4) is 0 Å². The zero-order valence-electron chi connectivity index (χ0n) is 19.9. The number of rotatable bonds is 21. The van der Waals surface area contributed by atoms with Crippen LogP contribution in [0.15, 0.2) is 0 Å². The minimum absolute atomic E-state index is 0.0684. The third-order valence-electron chi connectivity index (χ3n) is 5.61. The Hall–Kier alpha value is -0.610. The molecule has 4 N–H and O–H groups in total. The van der Waals surface area contributed by atoms with Gasteiger partial charge in [0.05, 0.1) is 5.60 Å². The summed E-state index contributed by atoms with van der Waals surface area (Å²) in [5, 5.41) is 12.7. The fraction of sp³-hybridized carbons (Fsp3) is 0.960. The highest BCUT2D eigenvalue weighted by Crippen LogP contribution is 2.14. The lowest BCUT2D eigenvalue weighted by Gasteiger charge is -2.22. The molecule has 1 amide bonds. The van der Waals surface area contributed by atoms with E-state index in [2.05, 4.69) is 12.2 Å². The van der Waals surface area contributed by atoms with E-state index in [1.807, 2.05) is 0 Å². The van der Waals surface area contributed by atoms with Gasteiger partial charge in [0.2, 0.25) is 5.91 Å². The van der Waals surface area contributed by atoms with Crippen LogP contribution in [-0.2, 0) is 4.79 Å². The Kier molecular flexibility index (Phi) is 19.0. The highest BCUT2D eigenvalue weighted by atomic mass is 16.3. The first kappa shape index (κ1) is 28.4. The Morgan fingerprint density at radius 1 is 0.828 bits per heavy atom. The van der Waals surface area contributed by atoms with E-state index >= 15 is 0 Å². The smallest absolute Gasteiger partial charge is 0.219 e. The van der Waals surface area contributed by atoms with Crippen LogP contribution in [0.4, 0.5) is 0 Å². The van der Waals surface area contributed by atoms with Gasteiger partial charge in [-0.25, -0.2) is 0 Å². The van der Waals surface area contributed by atoms with E-state index in [-0.39, 0.29) is 11.9 Å². The molecule has 29 heavy (non-hydrogen) atoms. The second kappa shape index (κ2) is 19.4. The predicted octanol–water partition coefficient (Wildman–Crippen LogP) is 6.24. The molecule has 0 aliphatic rings. The van der Waals surface area contributed by atoms with E-state index in [0.29, 0.717) is 25.8 Å². The Balaban J connectivity index is 3.27. The molecule has 4 heteroatoms. The van der Waals surface area contributed by atoms with Gasteiger partial charge in [0.25, 0.3) is 0 Å². The number of aliphatic hydroxyl groups is 1. The van der Waals surface area contributed by atoms with Crippen molar-refractivity contribution < 1.29 is 9.90 Å². The molecule has 0 aromatic rings. The fourth-order valence-electron chi connectivity index (χ4n) is 3.89. The molecular formula is C25H52N2O2. The minimum Gasteiger partial charge on any atom is -0.390 e. The first-order valence-corrected chi connectivity index (χ1v) is 12.6. The number of carbonyl (C=O) groups is 1. The number of hydrogen-bond acceptors (Lipinski definition) is 3. The summed E-state index contributed by atoms with van der Waals surface area (Å²) in [5.74, 6) is 0.134. The lowest BCUT2D eigenvalue weighted by atomic mass is 9.98. The highest BCUT2D eigenvalue weighted by Gasteiger charge is 2.17. The van der Waals surface area contributed by atoms with E-state index in [1.165, 1.54) is 83.5 Å². The van der Waals surface area contributed by atoms with Crippen LogP contribution in [0.2, 0.25) is 0 Å². The highest BCUT2D eigenvalue weighted by molar-refractivity contribution is 5.75. The summed E-state index contributed by atoms with van der Waals surface area (Å²) < 4.78 is 0. The standard InChI is InChI=1S/C25H52N2O2/c1-4-5-6-7-8-9-10-11-12-13-14-15-16-17-18-19-24(28)27-21-20-23(26)22-25(2,3)29/h23,29H,4-22,26H2,1-3H3,(H,27,28). The molecule has 0 heterocycles. The molecule has 1 atom stereocenters. The van der Waals surface area contributed by atoms with Gasteiger partial charge in [0.15, 0.2) is 0 Å². The van der Waals surface area contributed by atoms with Crippen LogP contribution < -0.4 is 11.1 Å². The van der Waals surface area contributed by atoms with Gasteiger partial charge < -0.3 is 16.2 Å². The Bertz CT molecular complexity index is 366. The zero-order valence-corrected chi connectivity index (χ0v) is 19.9. The van der Waals surface area contributed by atoms with Crippen LogP contribution in [0, 0.1) is 0 Å². The number of hydrogen-bond donors (Lipinski definition) is 3. The van der Waals surface area contributed by atoms with Crippen molar-refractivity contribution >= 4 is 5.91 Å². The Morgan fingerprint density at radius 2 is 1.24 bits per heavy atom. The maximum absolute atomic E-state index is 11.8. The molecule has 0 bridgehead atoms. The Labute approximate surface area is 181 Å². The zero-order chi connectivity index (χ0) is 21.8. The van der Waals surface area contributed by atoms with Gasteiger partial charge in [-0.1, -0.05) is 96.8 Å². The van der Waals surface area contributed by atoms with E-state index in [1.54, 1.807) is 13.8 Å². The van der Waals surface area contributed by atoms with E-state index in [4.69, 9.17) is 5.73 Å². The number of carbonyl (C=O) groups excluding carboxylic acids is 1. The molecule has 0 aromatic heterocycles. The molecule has 0 spiro atoms. The number of nitrogens with two attached hydrogens (primary N) is 1. The van der Waals surface area contributed by atoms with Crippen LogP contribution in [0.3, 0.4) is 0 Å². The molecule has 4 nitrogen and oxygen atoms in total. The second-order valence-corrected chi connectivity index (χ2v) is 9.62. The van der Waals surface area contributed by atoms with Gasteiger partial charge in [-0.3, -0.25) is 4.79 Å². The predicted molar refractivity (Wildman–Crippen MR) is 126 cm³/mol. The average Bonchev–Trinajstić information content (AvgIpc) is 2.63. The Morgan fingerprint density at radius 3 is 1.66 bits per heavy atom. The van der Waals surface area contributed by atoms with Crippen molar-refractivity contribution in [2.24, 2.45) is 5.73 Å².